The predicted octanol–water partition coefficient (Wildman–Crippen LogP) is 1.32. The Kier molecular flexibility index (Phi) is 5.23. The molecule has 25 heavy (non-hydrogen) atoms. The molecule has 0 radical (unpaired) electrons. The van der Waals surface area contributed by atoms with Crippen molar-refractivity contribution in [1.29, 1.82) is 0 Å². The number of hydrogen-bond acceptors (Lipinski definition) is 5. The SMILES string of the molecule is COCCN(C(=O)Cc1c(C)nc(-c2ccccn2)[nH]c1=O)C1CC1. The molecule has 1 N–H and O–H groups in total. The fraction of sp³-hybridized carbons (Fsp3) is 0.444. The first-order valence-corrected chi connectivity index (χ1v) is 8.39. The van der Waals surface area contributed by atoms with Crippen LogP contribution in [0.3, 0.4) is 0 Å². The molecule has 0 saturated heterocycles. The van der Waals surface area contributed by atoms with Crippen LogP contribution in [0.25, 0.3) is 11.5 Å². The quantitative estimate of drug-likeness (QED) is 0.820. The normalized spacial score (nSPS) is 13.7. The van der Waals surface area contributed by atoms with Crippen LogP contribution >= 0.6 is 0 Å². The van der Waals surface area contributed by atoms with Crippen molar-refractivity contribution in [3.63, 3.8) is 0 Å². The number of H-pyrrole nitrogens is 1. The fourth-order valence-electron chi connectivity index (χ4n) is 2.78. The van der Waals surface area contributed by atoms with Crippen LogP contribution in [0.15, 0.2) is 29.2 Å². The largest absolute Gasteiger partial charge is 0.383 e. The standard InChI is InChI=1S/C18H22N4O3/c1-12-14(11-16(23)22(9-10-25-2)13-6-7-13)18(24)21-17(20-12)15-5-3-4-8-19-15/h3-5,8,13H,6-7,9-11H2,1-2H3,(H,20,21,24). The Balaban J connectivity index is 1.80. The van der Waals surface area contributed by atoms with E-state index in [9.17, 15) is 9.59 Å². The molecule has 2 heterocycles. The number of hydrogen-bond donors (Lipinski definition) is 1. The molecule has 7 nitrogen and oxygen atoms in total. The smallest absolute Gasteiger partial charge is 0.255 e. The van der Waals surface area contributed by atoms with E-state index in [2.05, 4.69) is 15.0 Å². The monoisotopic (exact) mass is 342 g/mol. The van der Waals surface area contributed by atoms with Crippen molar-refractivity contribution in [1.82, 2.24) is 19.9 Å². The number of methoxy groups -OCH3 is 1. The summed E-state index contributed by atoms with van der Waals surface area (Å²) in [4.78, 5) is 38.3. The van der Waals surface area contributed by atoms with Gasteiger partial charge in [0, 0.05) is 37.2 Å². The predicted molar refractivity (Wildman–Crippen MR) is 93.1 cm³/mol. The van der Waals surface area contributed by atoms with Gasteiger partial charge in [0.1, 0.15) is 5.69 Å². The van der Waals surface area contributed by atoms with Crippen molar-refractivity contribution >= 4 is 5.91 Å². The van der Waals surface area contributed by atoms with Gasteiger partial charge in [0.05, 0.1) is 13.0 Å². The van der Waals surface area contributed by atoms with Crippen molar-refractivity contribution in [2.75, 3.05) is 20.3 Å². The van der Waals surface area contributed by atoms with Gasteiger partial charge in [-0.2, -0.15) is 0 Å². The lowest BCUT2D eigenvalue weighted by Crippen LogP contribution is -2.38. The minimum absolute atomic E-state index is 0.0525. The molecule has 0 atom stereocenters. The van der Waals surface area contributed by atoms with E-state index < -0.39 is 0 Å². The van der Waals surface area contributed by atoms with Gasteiger partial charge < -0.3 is 14.6 Å². The zero-order valence-electron chi connectivity index (χ0n) is 14.5. The Bertz CT molecular complexity index is 800. The van der Waals surface area contributed by atoms with Gasteiger partial charge in [-0.15, -0.1) is 0 Å². The molecule has 0 bridgehead atoms. The van der Waals surface area contributed by atoms with E-state index in [-0.39, 0.29) is 23.9 Å². The molecule has 2 aromatic heterocycles. The summed E-state index contributed by atoms with van der Waals surface area (Å²) >= 11 is 0. The van der Waals surface area contributed by atoms with Gasteiger partial charge in [-0.05, 0) is 31.9 Å². The zero-order valence-corrected chi connectivity index (χ0v) is 14.5. The van der Waals surface area contributed by atoms with E-state index in [0.717, 1.165) is 12.8 Å². The molecule has 1 saturated carbocycles. The number of aryl methyl sites for hydroxylation is 1. The van der Waals surface area contributed by atoms with Crippen molar-refractivity contribution in [2.45, 2.75) is 32.2 Å². The Labute approximate surface area is 146 Å². The number of carbonyl (C=O) groups excluding carboxylic acids is 1. The van der Waals surface area contributed by atoms with Crippen molar-refractivity contribution < 1.29 is 9.53 Å². The Hall–Kier alpha value is -2.54. The summed E-state index contributed by atoms with van der Waals surface area (Å²) < 4.78 is 5.08. The third-order valence-electron chi connectivity index (χ3n) is 4.30. The van der Waals surface area contributed by atoms with Gasteiger partial charge in [-0.25, -0.2) is 4.98 Å². The van der Waals surface area contributed by atoms with Crippen LogP contribution in [0.1, 0.15) is 24.1 Å². The molecule has 0 unspecified atom stereocenters. The van der Waals surface area contributed by atoms with E-state index in [4.69, 9.17) is 4.74 Å². The number of aromatic nitrogens is 3. The summed E-state index contributed by atoms with van der Waals surface area (Å²) in [5.74, 6) is 0.360. The number of nitrogens with zero attached hydrogens (tertiary/aromatic N) is 3. The number of pyridine rings is 1. The van der Waals surface area contributed by atoms with Crippen molar-refractivity contribution in [3.05, 3.63) is 46.0 Å². The minimum atomic E-state index is -0.288. The first-order valence-electron chi connectivity index (χ1n) is 8.39. The molecule has 1 aliphatic rings. The van der Waals surface area contributed by atoms with Crippen molar-refractivity contribution in [2.24, 2.45) is 0 Å². The molecular weight excluding hydrogens is 320 g/mol. The number of aromatic amines is 1. The second-order valence-electron chi connectivity index (χ2n) is 6.18. The summed E-state index contributed by atoms with van der Waals surface area (Å²) in [6, 6.07) is 5.69. The molecule has 2 aromatic rings. The van der Waals surface area contributed by atoms with E-state index in [1.807, 2.05) is 11.0 Å². The molecule has 7 heteroatoms. The van der Waals surface area contributed by atoms with Gasteiger partial charge >= 0.3 is 0 Å². The first-order chi connectivity index (χ1) is 12.1. The van der Waals surface area contributed by atoms with Gasteiger partial charge in [-0.3, -0.25) is 14.6 Å². The number of nitrogens with one attached hydrogen (secondary N) is 1. The molecule has 3 rings (SSSR count). The van der Waals surface area contributed by atoms with E-state index in [0.29, 0.717) is 35.9 Å². The van der Waals surface area contributed by atoms with Crippen LogP contribution in [0.4, 0.5) is 0 Å². The average Bonchev–Trinajstić information content (AvgIpc) is 3.44. The first kappa shape index (κ1) is 17.3. The number of carbonyl (C=O) groups is 1. The van der Waals surface area contributed by atoms with Gasteiger partial charge in [0.2, 0.25) is 5.91 Å². The molecule has 1 fully saturated rings. The molecular formula is C18H22N4O3. The van der Waals surface area contributed by atoms with E-state index in [1.54, 1.807) is 32.4 Å². The number of rotatable bonds is 7. The van der Waals surface area contributed by atoms with Gasteiger partial charge in [-0.1, -0.05) is 6.07 Å². The summed E-state index contributed by atoms with van der Waals surface area (Å²) in [6.45, 7) is 2.80. The maximum absolute atomic E-state index is 12.6. The highest BCUT2D eigenvalue weighted by Gasteiger charge is 2.32. The highest BCUT2D eigenvalue weighted by molar-refractivity contribution is 5.79. The van der Waals surface area contributed by atoms with Crippen LogP contribution in [-0.4, -0.2) is 52.1 Å². The third kappa shape index (κ3) is 4.11. The zero-order chi connectivity index (χ0) is 17.8. The maximum Gasteiger partial charge on any atom is 0.255 e. The Morgan fingerprint density at radius 2 is 2.20 bits per heavy atom. The summed E-state index contributed by atoms with van der Waals surface area (Å²) in [7, 11) is 1.62. The molecule has 0 aromatic carbocycles. The molecule has 0 spiro atoms. The molecule has 1 aliphatic carbocycles. The summed E-state index contributed by atoms with van der Waals surface area (Å²) in [6.07, 6.45) is 3.73. The highest BCUT2D eigenvalue weighted by Crippen LogP contribution is 2.27. The second-order valence-corrected chi connectivity index (χ2v) is 6.18. The minimum Gasteiger partial charge on any atom is -0.383 e. The lowest BCUT2D eigenvalue weighted by atomic mass is 10.1. The van der Waals surface area contributed by atoms with Crippen LogP contribution < -0.4 is 5.56 Å². The van der Waals surface area contributed by atoms with Crippen LogP contribution in [0, 0.1) is 6.92 Å². The summed E-state index contributed by atoms with van der Waals surface area (Å²) in [5, 5.41) is 0. The Morgan fingerprint density at radius 3 is 2.80 bits per heavy atom. The van der Waals surface area contributed by atoms with Gasteiger partial charge in [0.15, 0.2) is 5.82 Å². The molecule has 132 valence electrons. The summed E-state index contributed by atoms with van der Waals surface area (Å²) in [5.41, 5.74) is 1.28. The van der Waals surface area contributed by atoms with E-state index in [1.165, 1.54) is 0 Å². The number of amides is 1. The van der Waals surface area contributed by atoms with Crippen molar-refractivity contribution in [3.8, 4) is 11.5 Å². The topological polar surface area (TPSA) is 88.2 Å². The average molecular weight is 342 g/mol. The van der Waals surface area contributed by atoms with E-state index >= 15 is 0 Å². The molecule has 1 amide bonds. The van der Waals surface area contributed by atoms with Crippen LogP contribution in [-0.2, 0) is 16.0 Å². The maximum atomic E-state index is 12.6. The van der Waals surface area contributed by atoms with Crippen LogP contribution in [0.2, 0.25) is 0 Å². The van der Waals surface area contributed by atoms with Crippen LogP contribution in [0.5, 0.6) is 0 Å². The highest BCUT2D eigenvalue weighted by atomic mass is 16.5. The fourth-order valence-corrected chi connectivity index (χ4v) is 2.78. The second kappa shape index (κ2) is 7.57. The lowest BCUT2D eigenvalue weighted by molar-refractivity contribution is -0.131. The number of ether oxygens (including phenoxy) is 1. The molecule has 0 aliphatic heterocycles. The van der Waals surface area contributed by atoms with Gasteiger partial charge in [0.25, 0.3) is 5.56 Å². The lowest BCUT2D eigenvalue weighted by Gasteiger charge is -2.22. The third-order valence-corrected chi connectivity index (χ3v) is 4.30. The Morgan fingerprint density at radius 1 is 1.40 bits per heavy atom.